The Kier molecular flexibility index (Phi) is 4.13. The number of nitrogens with zero attached hydrogens (tertiary/aromatic N) is 2. The van der Waals surface area contributed by atoms with Crippen LogP contribution in [0.1, 0.15) is 41.7 Å². The number of nitriles is 1. The first-order valence-corrected chi connectivity index (χ1v) is 10.8. The van der Waals surface area contributed by atoms with Crippen LogP contribution in [0.2, 0.25) is 0 Å². The zero-order valence-corrected chi connectivity index (χ0v) is 16.3. The van der Waals surface area contributed by atoms with Gasteiger partial charge in [-0.2, -0.15) is 5.26 Å². The van der Waals surface area contributed by atoms with Gasteiger partial charge in [-0.3, -0.25) is 19.3 Å². The molecular weight excluding hydrogens is 374 g/mol. The number of carbonyl (C=O) groups is 3. The average molecular weight is 395 g/mol. The van der Waals surface area contributed by atoms with E-state index in [9.17, 15) is 19.6 Å². The normalized spacial score (nSPS) is 29.8. The second-order valence-corrected chi connectivity index (χ2v) is 9.26. The van der Waals surface area contributed by atoms with Gasteiger partial charge in [0.05, 0.1) is 17.4 Å². The maximum atomic E-state index is 12.7. The molecule has 1 aromatic rings. The Bertz CT molecular complexity index is 927. The van der Waals surface area contributed by atoms with Gasteiger partial charge in [-0.15, -0.1) is 11.3 Å². The van der Waals surface area contributed by atoms with Crippen molar-refractivity contribution >= 4 is 34.1 Å². The minimum atomic E-state index is -0.256. The van der Waals surface area contributed by atoms with Crippen LogP contribution < -0.4 is 5.32 Å². The fourth-order valence-electron chi connectivity index (χ4n) is 5.36. The molecule has 5 rings (SSSR count). The molecule has 4 atom stereocenters. The lowest BCUT2D eigenvalue weighted by Gasteiger charge is -2.16. The number of hydrogen-bond acceptors (Lipinski definition) is 5. The first-order chi connectivity index (χ1) is 13.6. The average Bonchev–Trinajstić information content (AvgIpc) is 3.43. The van der Waals surface area contributed by atoms with Crippen molar-refractivity contribution in [1.29, 1.82) is 5.26 Å². The number of hydrogen-bond donors (Lipinski definition) is 1. The Morgan fingerprint density at radius 2 is 1.86 bits per heavy atom. The van der Waals surface area contributed by atoms with E-state index in [4.69, 9.17) is 0 Å². The summed E-state index contributed by atoms with van der Waals surface area (Å²) in [5.41, 5.74) is 1.66. The zero-order chi connectivity index (χ0) is 19.4. The maximum absolute atomic E-state index is 12.7. The Morgan fingerprint density at radius 3 is 2.54 bits per heavy atom. The number of aryl methyl sites for hydroxylation is 1. The summed E-state index contributed by atoms with van der Waals surface area (Å²) in [5.74, 6) is -0.580. The Morgan fingerprint density at radius 1 is 1.18 bits per heavy atom. The number of thiophene rings is 1. The number of fused-ring (bicyclic) bond motifs is 6. The number of nitrogens with one attached hydrogen (secondary N) is 1. The van der Waals surface area contributed by atoms with E-state index in [-0.39, 0.29) is 54.4 Å². The van der Waals surface area contributed by atoms with Crippen molar-refractivity contribution in [2.24, 2.45) is 23.7 Å². The summed E-state index contributed by atoms with van der Waals surface area (Å²) in [7, 11) is 0. The predicted octanol–water partition coefficient (Wildman–Crippen LogP) is 2.63. The lowest BCUT2D eigenvalue weighted by Crippen LogP contribution is -2.35. The number of anilines is 1. The molecule has 1 aliphatic heterocycles. The minimum Gasteiger partial charge on any atom is -0.317 e. The first kappa shape index (κ1) is 17.6. The van der Waals surface area contributed by atoms with Gasteiger partial charge in [0.2, 0.25) is 17.7 Å². The number of likely N-dealkylation sites (tertiary alicyclic amines) is 1. The smallest absolute Gasteiger partial charge is 0.233 e. The molecule has 2 bridgehead atoms. The molecule has 2 fully saturated rings. The summed E-state index contributed by atoms with van der Waals surface area (Å²) in [5, 5.41) is 13.0. The molecule has 3 amide bonds. The lowest BCUT2D eigenvalue weighted by molar-refractivity contribution is -0.140. The second kappa shape index (κ2) is 6.56. The summed E-state index contributed by atoms with van der Waals surface area (Å²) in [6, 6.07) is 2.23. The third-order valence-corrected chi connectivity index (χ3v) is 7.87. The standard InChI is InChI=1S/C21H21N3O3S/c22-10-14-13-3-1-2-4-15(13)28-19(14)23-16(25)7-8-24-20(26)17-11-5-6-12(9-11)18(17)21(24)27/h5-6,11-12,17-18H,1-4,7-9H2,(H,23,25). The van der Waals surface area contributed by atoms with Gasteiger partial charge in [0, 0.05) is 17.8 Å². The van der Waals surface area contributed by atoms with Crippen molar-refractivity contribution in [3.63, 3.8) is 0 Å². The van der Waals surface area contributed by atoms with Crippen molar-refractivity contribution in [2.45, 2.75) is 38.5 Å². The molecule has 1 saturated heterocycles. The van der Waals surface area contributed by atoms with Crippen LogP contribution in [-0.4, -0.2) is 29.2 Å². The molecular formula is C21H21N3O3S. The third-order valence-electron chi connectivity index (χ3n) is 6.66. The summed E-state index contributed by atoms with van der Waals surface area (Å²) in [6.45, 7) is 0.114. The van der Waals surface area contributed by atoms with E-state index in [1.54, 1.807) is 0 Å². The van der Waals surface area contributed by atoms with E-state index in [0.29, 0.717) is 10.6 Å². The van der Waals surface area contributed by atoms with Crippen molar-refractivity contribution in [1.82, 2.24) is 4.90 Å². The number of carbonyl (C=O) groups excluding carboxylic acids is 3. The van der Waals surface area contributed by atoms with E-state index >= 15 is 0 Å². The van der Waals surface area contributed by atoms with Gasteiger partial charge in [0.1, 0.15) is 11.1 Å². The monoisotopic (exact) mass is 395 g/mol. The highest BCUT2D eigenvalue weighted by Crippen LogP contribution is 2.52. The number of amides is 3. The summed E-state index contributed by atoms with van der Waals surface area (Å²) in [6.07, 6.45) is 9.13. The van der Waals surface area contributed by atoms with Gasteiger partial charge in [0.15, 0.2) is 0 Å². The van der Waals surface area contributed by atoms with Crippen molar-refractivity contribution in [3.05, 3.63) is 28.2 Å². The molecule has 0 aromatic carbocycles. The minimum absolute atomic E-state index is 0.0626. The van der Waals surface area contributed by atoms with Gasteiger partial charge in [-0.25, -0.2) is 0 Å². The van der Waals surface area contributed by atoms with Crippen molar-refractivity contribution in [2.75, 3.05) is 11.9 Å². The quantitative estimate of drug-likeness (QED) is 0.627. The van der Waals surface area contributed by atoms with Crippen LogP contribution in [0.25, 0.3) is 0 Å². The number of imide groups is 1. The van der Waals surface area contributed by atoms with Crippen molar-refractivity contribution < 1.29 is 14.4 Å². The molecule has 2 heterocycles. The molecule has 1 saturated carbocycles. The largest absolute Gasteiger partial charge is 0.317 e. The van der Waals surface area contributed by atoms with Crippen LogP contribution in [-0.2, 0) is 27.2 Å². The molecule has 7 heteroatoms. The van der Waals surface area contributed by atoms with Gasteiger partial charge in [-0.05, 0) is 49.5 Å². The number of allylic oxidation sites excluding steroid dienone is 2. The van der Waals surface area contributed by atoms with Gasteiger partial charge < -0.3 is 5.32 Å². The zero-order valence-electron chi connectivity index (χ0n) is 15.4. The van der Waals surface area contributed by atoms with Crippen molar-refractivity contribution in [3.8, 4) is 6.07 Å². The summed E-state index contributed by atoms with van der Waals surface area (Å²) < 4.78 is 0. The third kappa shape index (κ3) is 2.55. The van der Waals surface area contributed by atoms with E-state index in [1.807, 2.05) is 0 Å². The van der Waals surface area contributed by atoms with Crippen LogP contribution in [0, 0.1) is 35.0 Å². The summed E-state index contributed by atoms with van der Waals surface area (Å²) >= 11 is 1.49. The second-order valence-electron chi connectivity index (χ2n) is 8.15. The topological polar surface area (TPSA) is 90.3 Å². The molecule has 1 N–H and O–H groups in total. The highest BCUT2D eigenvalue weighted by Gasteiger charge is 2.59. The van der Waals surface area contributed by atoms with Gasteiger partial charge in [0.25, 0.3) is 0 Å². The molecule has 0 spiro atoms. The Hall–Kier alpha value is -2.46. The highest BCUT2D eigenvalue weighted by atomic mass is 32.1. The van der Waals surface area contributed by atoms with Crippen LogP contribution in [0.5, 0.6) is 0 Å². The van der Waals surface area contributed by atoms with E-state index in [0.717, 1.165) is 37.7 Å². The Balaban J connectivity index is 1.24. The van der Waals surface area contributed by atoms with Crippen LogP contribution >= 0.6 is 11.3 Å². The number of rotatable bonds is 4. The molecule has 28 heavy (non-hydrogen) atoms. The molecule has 3 aliphatic carbocycles. The molecule has 1 aromatic heterocycles. The molecule has 4 aliphatic rings. The fraction of sp³-hybridized carbons (Fsp3) is 0.524. The van der Waals surface area contributed by atoms with Gasteiger partial charge >= 0.3 is 0 Å². The van der Waals surface area contributed by atoms with E-state index < -0.39 is 0 Å². The molecule has 144 valence electrons. The lowest BCUT2D eigenvalue weighted by atomic mass is 9.85. The van der Waals surface area contributed by atoms with E-state index in [1.165, 1.54) is 21.1 Å². The SMILES string of the molecule is N#Cc1c(NC(=O)CCN2C(=O)C3C4C=CC(C4)C3C2=O)sc2c1CCCC2. The molecule has 0 radical (unpaired) electrons. The van der Waals surface area contributed by atoms with Gasteiger partial charge in [-0.1, -0.05) is 12.2 Å². The van der Waals surface area contributed by atoms with Crippen LogP contribution in [0.4, 0.5) is 5.00 Å². The first-order valence-electron chi connectivity index (χ1n) is 9.96. The molecule has 4 unspecified atom stereocenters. The Labute approximate surface area is 167 Å². The highest BCUT2D eigenvalue weighted by molar-refractivity contribution is 7.16. The summed E-state index contributed by atoms with van der Waals surface area (Å²) in [4.78, 5) is 40.3. The van der Waals surface area contributed by atoms with Crippen LogP contribution in [0.15, 0.2) is 12.2 Å². The predicted molar refractivity (Wildman–Crippen MR) is 103 cm³/mol. The van der Waals surface area contributed by atoms with Crippen LogP contribution in [0.3, 0.4) is 0 Å². The molecule has 6 nitrogen and oxygen atoms in total. The maximum Gasteiger partial charge on any atom is 0.233 e. The fourth-order valence-corrected chi connectivity index (χ4v) is 6.62. The van der Waals surface area contributed by atoms with E-state index in [2.05, 4.69) is 23.5 Å².